The van der Waals surface area contributed by atoms with Gasteiger partial charge in [-0.1, -0.05) is 19.3 Å². The molecule has 1 aliphatic carbocycles. The smallest absolute Gasteiger partial charge is 0.225 e. The van der Waals surface area contributed by atoms with E-state index in [-0.39, 0.29) is 37.2 Å². The molecule has 1 saturated carbocycles. The molecule has 1 aromatic carbocycles. The maximum absolute atomic E-state index is 13.1. The lowest BCUT2D eigenvalue weighted by Gasteiger charge is -2.43. The quantitative estimate of drug-likeness (QED) is 0.823. The second-order valence-corrected chi connectivity index (χ2v) is 7.51. The zero-order valence-corrected chi connectivity index (χ0v) is 15.5. The van der Waals surface area contributed by atoms with E-state index in [2.05, 4.69) is 0 Å². The van der Waals surface area contributed by atoms with Crippen molar-refractivity contribution >= 4 is 11.8 Å². The fourth-order valence-corrected chi connectivity index (χ4v) is 3.95. The molecular weight excluding hydrogens is 351 g/mol. The van der Waals surface area contributed by atoms with Crippen molar-refractivity contribution in [1.82, 2.24) is 4.90 Å². The van der Waals surface area contributed by atoms with Crippen LogP contribution >= 0.6 is 0 Å². The van der Waals surface area contributed by atoms with Crippen molar-refractivity contribution < 1.29 is 23.5 Å². The van der Waals surface area contributed by atoms with E-state index < -0.39 is 11.5 Å². The largest absolute Gasteiger partial charge is 0.490 e. The van der Waals surface area contributed by atoms with Crippen LogP contribution in [0.4, 0.5) is 4.39 Å². The first-order chi connectivity index (χ1) is 13.0. The first-order valence-electron chi connectivity index (χ1n) is 9.57. The summed E-state index contributed by atoms with van der Waals surface area (Å²) in [6.45, 7) is 1.17. The Kier molecular flexibility index (Phi) is 6.31. The van der Waals surface area contributed by atoms with E-state index in [1.165, 1.54) is 30.7 Å². The molecule has 1 saturated heterocycles. The Morgan fingerprint density at radius 1 is 1.22 bits per heavy atom. The molecule has 1 aromatic rings. The van der Waals surface area contributed by atoms with Crippen molar-refractivity contribution in [2.75, 3.05) is 26.3 Å². The van der Waals surface area contributed by atoms with Gasteiger partial charge in [0, 0.05) is 12.5 Å². The predicted molar refractivity (Wildman–Crippen MR) is 97.5 cm³/mol. The van der Waals surface area contributed by atoms with Gasteiger partial charge in [-0.3, -0.25) is 9.59 Å². The minimum Gasteiger partial charge on any atom is -0.490 e. The molecule has 2 fully saturated rings. The number of carbonyl (C=O) groups is 2. The number of ether oxygens (including phenoxy) is 2. The van der Waals surface area contributed by atoms with E-state index in [4.69, 9.17) is 15.2 Å². The summed E-state index contributed by atoms with van der Waals surface area (Å²) in [6, 6.07) is 5.63. The molecule has 6 nitrogen and oxygen atoms in total. The van der Waals surface area contributed by atoms with Gasteiger partial charge in [-0.05, 0) is 37.1 Å². The third kappa shape index (κ3) is 5.19. The Hall–Kier alpha value is -2.15. The van der Waals surface area contributed by atoms with Gasteiger partial charge in [0.15, 0.2) is 0 Å². The molecule has 7 heteroatoms. The summed E-state index contributed by atoms with van der Waals surface area (Å²) in [5.74, 6) is -0.202. The Balaban J connectivity index is 1.69. The molecular formula is C20H27FN2O4. The first kappa shape index (κ1) is 19.6. The first-order valence-corrected chi connectivity index (χ1v) is 9.57. The topological polar surface area (TPSA) is 81.9 Å². The van der Waals surface area contributed by atoms with Gasteiger partial charge in [-0.25, -0.2) is 4.39 Å². The predicted octanol–water partition coefficient (Wildman–Crippen LogP) is 2.26. The fraction of sp³-hybridized carbons (Fsp3) is 0.600. The van der Waals surface area contributed by atoms with Crippen LogP contribution < -0.4 is 10.5 Å². The number of nitrogens with two attached hydrogens (primary N) is 1. The van der Waals surface area contributed by atoms with Crippen molar-refractivity contribution in [2.24, 2.45) is 11.7 Å². The minimum atomic E-state index is -0.983. The van der Waals surface area contributed by atoms with E-state index in [1.54, 1.807) is 4.90 Å². The molecule has 2 amide bonds. The zero-order valence-electron chi connectivity index (χ0n) is 15.5. The molecule has 0 radical (unpaired) electrons. The van der Waals surface area contributed by atoms with Crippen LogP contribution in [0.15, 0.2) is 24.3 Å². The Morgan fingerprint density at radius 2 is 1.93 bits per heavy atom. The molecule has 1 aliphatic heterocycles. The monoisotopic (exact) mass is 378 g/mol. The lowest BCUT2D eigenvalue weighted by Crippen LogP contribution is -2.58. The Bertz CT molecular complexity index is 660. The highest BCUT2D eigenvalue weighted by Gasteiger charge is 2.42. The number of halogens is 1. The molecule has 1 unspecified atom stereocenters. The van der Waals surface area contributed by atoms with Crippen molar-refractivity contribution in [3.63, 3.8) is 0 Å². The molecule has 148 valence electrons. The number of rotatable bonds is 6. The van der Waals surface area contributed by atoms with Gasteiger partial charge in [-0.15, -0.1) is 0 Å². The standard InChI is InChI=1S/C20H27FN2O4/c21-16-6-8-17(9-7-16)26-14-20(12-18(22)24)13-23(10-11-27-20)19(25)15-4-2-1-3-5-15/h6-9,15H,1-5,10-14H2,(H2,22,24). The summed E-state index contributed by atoms with van der Waals surface area (Å²) in [4.78, 5) is 26.3. The van der Waals surface area contributed by atoms with Crippen molar-refractivity contribution in [1.29, 1.82) is 0 Å². The second-order valence-electron chi connectivity index (χ2n) is 7.51. The Morgan fingerprint density at radius 3 is 2.59 bits per heavy atom. The lowest BCUT2D eigenvalue weighted by molar-refractivity contribution is -0.165. The summed E-state index contributed by atoms with van der Waals surface area (Å²) < 4.78 is 24.7. The van der Waals surface area contributed by atoms with Crippen LogP contribution in [0.5, 0.6) is 5.75 Å². The maximum Gasteiger partial charge on any atom is 0.225 e. The van der Waals surface area contributed by atoms with Gasteiger partial charge in [0.25, 0.3) is 0 Å². The summed E-state index contributed by atoms with van der Waals surface area (Å²) in [7, 11) is 0. The van der Waals surface area contributed by atoms with E-state index in [0.29, 0.717) is 18.9 Å². The molecule has 27 heavy (non-hydrogen) atoms. The molecule has 2 N–H and O–H groups in total. The Labute approximate surface area is 158 Å². The number of amides is 2. The molecule has 1 atom stereocenters. The normalized spacial score (nSPS) is 23.8. The molecule has 3 rings (SSSR count). The lowest BCUT2D eigenvalue weighted by atomic mass is 9.87. The van der Waals surface area contributed by atoms with Crippen LogP contribution in [-0.4, -0.2) is 48.6 Å². The van der Waals surface area contributed by atoms with Gasteiger partial charge in [0.05, 0.1) is 19.6 Å². The number of morpholine rings is 1. The number of hydrogen-bond donors (Lipinski definition) is 1. The van der Waals surface area contributed by atoms with Crippen LogP contribution in [0.3, 0.4) is 0 Å². The summed E-state index contributed by atoms with van der Waals surface area (Å²) in [5, 5.41) is 0. The van der Waals surface area contributed by atoms with E-state index in [0.717, 1.165) is 25.7 Å². The number of carbonyl (C=O) groups excluding carboxylic acids is 2. The maximum atomic E-state index is 13.1. The van der Waals surface area contributed by atoms with Crippen molar-refractivity contribution in [3.8, 4) is 5.75 Å². The van der Waals surface area contributed by atoms with E-state index >= 15 is 0 Å². The van der Waals surface area contributed by atoms with Crippen molar-refractivity contribution in [3.05, 3.63) is 30.1 Å². The van der Waals surface area contributed by atoms with Crippen molar-refractivity contribution in [2.45, 2.75) is 44.1 Å². The number of primary amides is 1. The molecule has 0 bridgehead atoms. The SMILES string of the molecule is NC(=O)CC1(COc2ccc(F)cc2)CN(C(=O)C2CCCCC2)CCO1. The van der Waals surface area contributed by atoms with Gasteiger partial charge >= 0.3 is 0 Å². The van der Waals surface area contributed by atoms with Gasteiger partial charge in [-0.2, -0.15) is 0 Å². The van der Waals surface area contributed by atoms with Crippen LogP contribution in [0.2, 0.25) is 0 Å². The summed E-state index contributed by atoms with van der Waals surface area (Å²) in [6.07, 6.45) is 5.16. The summed E-state index contributed by atoms with van der Waals surface area (Å²) in [5.41, 5.74) is 4.45. The number of nitrogens with zero attached hydrogens (tertiary/aromatic N) is 1. The van der Waals surface area contributed by atoms with Crippen LogP contribution in [-0.2, 0) is 14.3 Å². The highest BCUT2D eigenvalue weighted by atomic mass is 19.1. The highest BCUT2D eigenvalue weighted by molar-refractivity contribution is 5.79. The van der Waals surface area contributed by atoms with Crippen LogP contribution in [0.25, 0.3) is 0 Å². The molecule has 0 spiro atoms. The molecule has 0 aromatic heterocycles. The third-order valence-corrected chi connectivity index (χ3v) is 5.33. The average molecular weight is 378 g/mol. The fourth-order valence-electron chi connectivity index (χ4n) is 3.95. The summed E-state index contributed by atoms with van der Waals surface area (Å²) >= 11 is 0. The second kappa shape index (κ2) is 8.69. The minimum absolute atomic E-state index is 0.0390. The molecule has 2 aliphatic rings. The highest BCUT2D eigenvalue weighted by Crippen LogP contribution is 2.29. The van der Waals surface area contributed by atoms with Crippen LogP contribution in [0.1, 0.15) is 38.5 Å². The number of hydrogen-bond acceptors (Lipinski definition) is 4. The molecule has 1 heterocycles. The average Bonchev–Trinajstić information content (AvgIpc) is 2.67. The number of benzene rings is 1. The van der Waals surface area contributed by atoms with E-state index in [9.17, 15) is 14.0 Å². The zero-order chi connectivity index (χ0) is 19.3. The van der Waals surface area contributed by atoms with Gasteiger partial charge in [0.2, 0.25) is 11.8 Å². The van der Waals surface area contributed by atoms with E-state index in [1.807, 2.05) is 0 Å². The van der Waals surface area contributed by atoms with Gasteiger partial charge in [0.1, 0.15) is 23.8 Å². The van der Waals surface area contributed by atoms with Crippen LogP contribution in [0, 0.1) is 11.7 Å². The van der Waals surface area contributed by atoms with Gasteiger partial charge < -0.3 is 20.1 Å². The third-order valence-electron chi connectivity index (χ3n) is 5.33.